The van der Waals surface area contributed by atoms with E-state index >= 15 is 0 Å². The van der Waals surface area contributed by atoms with Gasteiger partial charge in [0.25, 0.3) is 0 Å². The van der Waals surface area contributed by atoms with Crippen LogP contribution in [0.15, 0.2) is 0 Å². The topological polar surface area (TPSA) is 121 Å². The van der Waals surface area contributed by atoms with Crippen molar-refractivity contribution >= 4 is 0 Å². The molecule has 0 radical (unpaired) electrons. The second-order valence-electron chi connectivity index (χ2n) is 9.24. The predicted molar refractivity (Wildman–Crippen MR) is 95.8 cm³/mol. The lowest BCUT2D eigenvalue weighted by Gasteiger charge is -2.58. The summed E-state index contributed by atoms with van der Waals surface area (Å²) in [5, 5.41) is 60.7. The first-order valence-corrected chi connectivity index (χ1v) is 10.3. The summed E-state index contributed by atoms with van der Waals surface area (Å²) in [5.74, 6) is -0.111. The maximum absolute atomic E-state index is 10.3. The quantitative estimate of drug-likeness (QED) is 0.391. The summed E-state index contributed by atoms with van der Waals surface area (Å²) in [6, 6.07) is 0. The lowest BCUT2D eigenvalue weighted by atomic mass is 9.47. The second kappa shape index (κ2) is 8.02. The fraction of sp³-hybridized carbons (Fsp3) is 1.00. The Morgan fingerprint density at radius 2 is 1.54 bits per heavy atom. The number of rotatable bonds is 5. The van der Waals surface area contributed by atoms with Crippen LogP contribution in [0.2, 0.25) is 0 Å². The molecule has 0 aromatic rings. The van der Waals surface area contributed by atoms with E-state index in [9.17, 15) is 30.6 Å². The molecule has 0 amide bonds. The molecule has 3 rings (SSSR count). The molecule has 0 heterocycles. The van der Waals surface area contributed by atoms with Crippen molar-refractivity contribution in [2.24, 2.45) is 40.4 Å². The van der Waals surface area contributed by atoms with Crippen molar-refractivity contribution in [1.82, 2.24) is 0 Å². The van der Waals surface area contributed by atoms with Crippen LogP contribution >= 0.6 is 0 Å². The van der Waals surface area contributed by atoms with Crippen molar-refractivity contribution in [1.29, 1.82) is 0 Å². The van der Waals surface area contributed by atoms with Crippen molar-refractivity contribution in [3.05, 3.63) is 0 Å². The Morgan fingerprint density at radius 3 is 2.12 bits per heavy atom. The van der Waals surface area contributed by atoms with Crippen molar-refractivity contribution in [2.45, 2.75) is 57.7 Å². The molecule has 6 atom stereocenters. The molecule has 0 spiro atoms. The lowest BCUT2D eigenvalue weighted by Crippen LogP contribution is -2.57. The number of hydrogen-bond donors (Lipinski definition) is 6. The van der Waals surface area contributed by atoms with Gasteiger partial charge in [-0.2, -0.15) is 0 Å². The van der Waals surface area contributed by atoms with Gasteiger partial charge in [0.05, 0.1) is 13.2 Å². The summed E-state index contributed by atoms with van der Waals surface area (Å²) in [6.45, 7) is -0.119. The number of aliphatic hydroxyl groups excluding tert-OH is 5. The third kappa shape index (κ3) is 3.12. The largest absolute Gasteiger partial charge is 0.396 e. The average molecular weight is 373 g/mol. The Kier molecular flexibility index (Phi) is 6.32. The van der Waals surface area contributed by atoms with Gasteiger partial charge in [0.1, 0.15) is 0 Å². The van der Waals surface area contributed by atoms with Crippen LogP contribution in [-0.2, 0) is 0 Å². The molecule has 2 bridgehead atoms. The molecular formula is C20H36O6. The fourth-order valence-electron chi connectivity index (χ4n) is 6.96. The van der Waals surface area contributed by atoms with Crippen molar-refractivity contribution in [2.75, 3.05) is 26.4 Å². The van der Waals surface area contributed by atoms with E-state index in [1.807, 2.05) is 0 Å². The van der Waals surface area contributed by atoms with Gasteiger partial charge in [-0.25, -0.2) is 0 Å². The van der Waals surface area contributed by atoms with Crippen LogP contribution in [-0.4, -0.2) is 63.4 Å². The predicted octanol–water partition coefficient (Wildman–Crippen LogP) is 0.482. The van der Waals surface area contributed by atoms with Crippen molar-refractivity contribution in [3.8, 4) is 0 Å². The molecule has 152 valence electrons. The Bertz CT molecular complexity index is 465. The molecule has 6 heteroatoms. The van der Waals surface area contributed by atoms with Gasteiger partial charge in [0.15, 0.2) is 6.29 Å². The highest BCUT2D eigenvalue weighted by Crippen LogP contribution is 2.60. The highest BCUT2D eigenvalue weighted by atomic mass is 16.5. The Labute approximate surface area is 155 Å². The smallest absolute Gasteiger partial charge is 0.154 e. The maximum Gasteiger partial charge on any atom is 0.154 e. The van der Waals surface area contributed by atoms with E-state index in [4.69, 9.17) is 0 Å². The zero-order valence-corrected chi connectivity index (χ0v) is 15.6. The van der Waals surface area contributed by atoms with E-state index in [1.54, 1.807) is 0 Å². The number of fused-ring (bicyclic) bond motifs is 3. The third-order valence-electron chi connectivity index (χ3n) is 8.53. The van der Waals surface area contributed by atoms with Gasteiger partial charge in [-0.15, -0.1) is 0 Å². The summed E-state index contributed by atoms with van der Waals surface area (Å²) in [7, 11) is 0. The van der Waals surface area contributed by atoms with Gasteiger partial charge < -0.3 is 30.6 Å². The monoisotopic (exact) mass is 372 g/mol. The molecule has 0 aromatic heterocycles. The average Bonchev–Trinajstić information content (AvgIpc) is 2.66. The van der Waals surface area contributed by atoms with Crippen LogP contribution in [0.4, 0.5) is 0 Å². The normalized spacial score (nSPS) is 42.8. The first-order valence-electron chi connectivity index (χ1n) is 10.3. The Morgan fingerprint density at radius 1 is 0.808 bits per heavy atom. The van der Waals surface area contributed by atoms with Crippen molar-refractivity contribution < 1.29 is 30.6 Å². The van der Waals surface area contributed by atoms with E-state index in [2.05, 4.69) is 0 Å². The van der Waals surface area contributed by atoms with Crippen LogP contribution < -0.4 is 0 Å². The van der Waals surface area contributed by atoms with E-state index < -0.39 is 11.7 Å². The minimum Gasteiger partial charge on any atom is -0.396 e. The first kappa shape index (κ1) is 20.5. The minimum atomic E-state index is -1.45. The van der Waals surface area contributed by atoms with Crippen molar-refractivity contribution in [3.63, 3.8) is 0 Å². The maximum atomic E-state index is 10.3. The van der Waals surface area contributed by atoms with Gasteiger partial charge in [-0.1, -0.05) is 6.42 Å². The van der Waals surface area contributed by atoms with E-state index in [0.717, 1.165) is 38.5 Å². The summed E-state index contributed by atoms with van der Waals surface area (Å²) in [5.41, 5.74) is -0.951. The Hall–Kier alpha value is -0.240. The number of hydrogen-bond acceptors (Lipinski definition) is 6. The molecule has 0 unspecified atom stereocenters. The first-order chi connectivity index (χ1) is 12.5. The van der Waals surface area contributed by atoms with Crippen LogP contribution in [0.25, 0.3) is 0 Å². The molecule has 0 aromatic carbocycles. The molecule has 3 aliphatic rings. The summed E-state index contributed by atoms with van der Waals surface area (Å²) < 4.78 is 0. The molecule has 6 nitrogen and oxygen atoms in total. The summed E-state index contributed by atoms with van der Waals surface area (Å²) >= 11 is 0. The van der Waals surface area contributed by atoms with E-state index in [-0.39, 0.29) is 61.4 Å². The van der Waals surface area contributed by atoms with Crippen LogP contribution in [0, 0.1) is 40.4 Å². The highest BCUT2D eigenvalue weighted by Gasteiger charge is 2.57. The zero-order valence-electron chi connectivity index (χ0n) is 15.6. The van der Waals surface area contributed by atoms with Gasteiger partial charge in [-0.3, -0.25) is 0 Å². The molecule has 0 saturated heterocycles. The van der Waals surface area contributed by atoms with Crippen LogP contribution in [0.1, 0.15) is 51.4 Å². The van der Waals surface area contributed by atoms with Gasteiger partial charge in [0, 0.05) is 24.5 Å². The van der Waals surface area contributed by atoms with E-state index in [1.165, 1.54) is 0 Å². The highest BCUT2D eigenvalue weighted by molar-refractivity contribution is 5.05. The number of aliphatic hydroxyl groups is 6. The summed E-state index contributed by atoms with van der Waals surface area (Å²) in [4.78, 5) is 0. The second-order valence-corrected chi connectivity index (χ2v) is 9.24. The molecule has 3 saturated carbocycles. The van der Waals surface area contributed by atoms with Crippen LogP contribution in [0.5, 0.6) is 0 Å². The fourth-order valence-corrected chi connectivity index (χ4v) is 6.96. The molecule has 3 fully saturated rings. The standard InChI is InChI=1S/C20H36O6/c21-9-13-2-1-6-19(10-22)7-5-16-15(18(25)26)4-3-14(8-17(13)19)20(16,11-23)12-24/h13-18,21-26H,1-12H2/t13-,14-,15+,16-,17+,19-/m0/s1. The van der Waals surface area contributed by atoms with Gasteiger partial charge in [0.2, 0.25) is 0 Å². The van der Waals surface area contributed by atoms with Gasteiger partial charge >= 0.3 is 0 Å². The lowest BCUT2D eigenvalue weighted by molar-refractivity contribution is -0.193. The molecular weight excluding hydrogens is 336 g/mol. The summed E-state index contributed by atoms with van der Waals surface area (Å²) in [6.07, 6.45) is 5.03. The SMILES string of the molecule is OC[C@@H]1CCC[C@@]2(CO)CC[C@H]3[C@H](C(O)O)CC[C@@H](C[C@H]12)C3(CO)CO. The Balaban J connectivity index is 2.00. The molecule has 3 aliphatic carbocycles. The zero-order chi connectivity index (χ0) is 18.9. The van der Waals surface area contributed by atoms with Crippen LogP contribution in [0.3, 0.4) is 0 Å². The molecule has 6 N–H and O–H groups in total. The molecule has 26 heavy (non-hydrogen) atoms. The minimum absolute atomic E-state index is 0.0703. The third-order valence-corrected chi connectivity index (χ3v) is 8.53. The van der Waals surface area contributed by atoms with E-state index in [0.29, 0.717) is 12.8 Å². The van der Waals surface area contributed by atoms with Gasteiger partial charge in [-0.05, 0) is 74.0 Å². The molecule has 0 aliphatic heterocycles.